The van der Waals surface area contributed by atoms with Crippen molar-refractivity contribution >= 4 is 16.9 Å². The predicted molar refractivity (Wildman–Crippen MR) is 118 cm³/mol. The Bertz CT molecular complexity index is 914. The molecule has 1 aromatic carbocycles. The molecule has 0 saturated carbocycles. The minimum absolute atomic E-state index is 0.00494. The highest BCUT2D eigenvalue weighted by atomic mass is 16.5. The monoisotopic (exact) mass is 410 g/mol. The van der Waals surface area contributed by atoms with E-state index in [4.69, 9.17) is 9.47 Å². The van der Waals surface area contributed by atoms with Gasteiger partial charge in [0, 0.05) is 55.9 Å². The van der Waals surface area contributed by atoms with Crippen LogP contribution in [0.5, 0.6) is 0 Å². The summed E-state index contributed by atoms with van der Waals surface area (Å²) >= 11 is 0. The van der Waals surface area contributed by atoms with Gasteiger partial charge in [0.2, 0.25) is 0 Å². The highest BCUT2D eigenvalue weighted by Gasteiger charge is 2.42. The molecule has 1 aliphatic carbocycles. The van der Waals surface area contributed by atoms with E-state index in [0.29, 0.717) is 24.5 Å². The van der Waals surface area contributed by atoms with E-state index in [2.05, 4.69) is 47.8 Å². The van der Waals surface area contributed by atoms with Gasteiger partial charge in [-0.05, 0) is 61.8 Å². The summed E-state index contributed by atoms with van der Waals surface area (Å²) in [5.41, 5.74) is 4.19. The molecule has 5 heteroatoms. The Kier molecular flexibility index (Phi) is 5.59. The first-order valence-corrected chi connectivity index (χ1v) is 11.7. The molecule has 3 aliphatic rings. The van der Waals surface area contributed by atoms with Crippen LogP contribution < -0.4 is 0 Å². The number of hydrogen-bond donors (Lipinski definition) is 0. The van der Waals surface area contributed by atoms with Crippen molar-refractivity contribution in [1.29, 1.82) is 0 Å². The van der Waals surface area contributed by atoms with Crippen molar-refractivity contribution in [1.82, 2.24) is 9.47 Å². The topological polar surface area (TPSA) is 43.7 Å². The van der Waals surface area contributed by atoms with E-state index in [1.165, 1.54) is 28.5 Å². The zero-order valence-corrected chi connectivity index (χ0v) is 18.3. The number of ether oxygens (including phenoxy) is 2. The van der Waals surface area contributed by atoms with E-state index in [-0.39, 0.29) is 11.9 Å². The van der Waals surface area contributed by atoms with Crippen LogP contribution in [0.1, 0.15) is 49.7 Å². The Morgan fingerprint density at radius 1 is 1.33 bits per heavy atom. The van der Waals surface area contributed by atoms with E-state index >= 15 is 0 Å². The van der Waals surface area contributed by atoms with Gasteiger partial charge >= 0.3 is 5.97 Å². The van der Waals surface area contributed by atoms with Crippen LogP contribution in [0, 0.1) is 11.8 Å². The van der Waals surface area contributed by atoms with Gasteiger partial charge in [-0.2, -0.15) is 0 Å². The second-order valence-electron chi connectivity index (χ2n) is 9.44. The first kappa shape index (κ1) is 20.1. The van der Waals surface area contributed by atoms with E-state index in [9.17, 15) is 4.79 Å². The molecule has 2 aromatic rings. The molecule has 5 rings (SSSR count). The number of hydrogen-bond acceptors (Lipinski definition) is 4. The lowest BCUT2D eigenvalue weighted by atomic mass is 9.72. The third-order valence-electron chi connectivity index (χ3n) is 7.65. The quantitative estimate of drug-likeness (QED) is 0.702. The average molecular weight is 411 g/mol. The smallest absolute Gasteiger partial charge is 0.310 e. The molecule has 5 nitrogen and oxygen atoms in total. The summed E-state index contributed by atoms with van der Waals surface area (Å²) in [6, 6.07) is 7.16. The van der Waals surface area contributed by atoms with Crippen molar-refractivity contribution in [3.63, 3.8) is 0 Å². The second-order valence-corrected chi connectivity index (χ2v) is 9.44. The Balaban J connectivity index is 1.31. The lowest BCUT2D eigenvalue weighted by Crippen LogP contribution is -2.51. The highest BCUT2D eigenvalue weighted by molar-refractivity contribution is 5.89. The van der Waals surface area contributed by atoms with Gasteiger partial charge in [0.25, 0.3) is 0 Å². The molecule has 162 valence electrons. The minimum Gasteiger partial charge on any atom is -0.465 e. The fraction of sp³-hybridized carbons (Fsp3) is 0.640. The maximum atomic E-state index is 13.0. The van der Waals surface area contributed by atoms with Crippen molar-refractivity contribution < 1.29 is 14.3 Å². The summed E-state index contributed by atoms with van der Waals surface area (Å²) in [4.78, 5) is 15.5. The van der Waals surface area contributed by atoms with Crippen molar-refractivity contribution in [2.45, 2.75) is 51.0 Å². The molecule has 2 saturated heterocycles. The summed E-state index contributed by atoms with van der Waals surface area (Å²) in [6.45, 7) is 6.24. The summed E-state index contributed by atoms with van der Waals surface area (Å²) in [6.07, 6.45) is 7.53. The van der Waals surface area contributed by atoms with Crippen LogP contribution in [0.25, 0.3) is 10.9 Å². The standard InChI is InChI=1S/C25H34N2O3/c1-3-27-15-19(25(28)30-11-9-17-6-5-10-29-16-17)12-21-20-7-4-8-22-24(20)18(13-23(21)27)14-26(22)2/h4,7-8,14,17,19,21,23H,3,5-6,9-13,15-16H2,1-2H3/t17?,19-,21?,23-/m1/s1. The highest BCUT2D eigenvalue weighted by Crippen LogP contribution is 2.45. The summed E-state index contributed by atoms with van der Waals surface area (Å²) in [7, 11) is 2.14. The number of aryl methyl sites for hydroxylation is 1. The van der Waals surface area contributed by atoms with Gasteiger partial charge in [-0.15, -0.1) is 0 Å². The first-order chi connectivity index (χ1) is 14.7. The molecule has 1 aromatic heterocycles. The minimum atomic E-state index is -0.0330. The lowest BCUT2D eigenvalue weighted by molar-refractivity contribution is -0.152. The van der Waals surface area contributed by atoms with Crippen molar-refractivity contribution in [2.24, 2.45) is 18.9 Å². The predicted octanol–water partition coefficient (Wildman–Crippen LogP) is 3.89. The second kappa shape index (κ2) is 8.35. The summed E-state index contributed by atoms with van der Waals surface area (Å²) in [5.74, 6) is 0.910. The van der Waals surface area contributed by atoms with E-state index < -0.39 is 0 Å². The van der Waals surface area contributed by atoms with Crippen LogP contribution in [0.4, 0.5) is 0 Å². The number of rotatable bonds is 5. The summed E-state index contributed by atoms with van der Waals surface area (Å²) < 4.78 is 13.6. The molecule has 3 heterocycles. The number of likely N-dealkylation sites (tertiary alicyclic amines) is 1. The number of fused-ring (bicyclic) bond motifs is 2. The van der Waals surface area contributed by atoms with E-state index in [1.807, 2.05) is 0 Å². The maximum Gasteiger partial charge on any atom is 0.310 e. The van der Waals surface area contributed by atoms with E-state index in [0.717, 1.165) is 52.0 Å². The van der Waals surface area contributed by atoms with Crippen LogP contribution >= 0.6 is 0 Å². The third kappa shape index (κ3) is 3.56. The largest absolute Gasteiger partial charge is 0.465 e. The number of piperidine rings is 1. The number of nitrogens with zero attached hydrogens (tertiary/aromatic N) is 2. The molecule has 0 amide bonds. The van der Waals surface area contributed by atoms with Crippen LogP contribution in [-0.4, -0.2) is 54.4 Å². The molecule has 0 radical (unpaired) electrons. The number of benzene rings is 1. The number of esters is 1. The Morgan fingerprint density at radius 2 is 2.23 bits per heavy atom. The van der Waals surface area contributed by atoms with Crippen LogP contribution in [0.15, 0.2) is 24.4 Å². The number of aromatic nitrogens is 1. The molecule has 4 atom stereocenters. The molecule has 0 bridgehead atoms. The van der Waals surface area contributed by atoms with Gasteiger partial charge in [0.1, 0.15) is 0 Å². The molecular weight excluding hydrogens is 376 g/mol. The Labute approximate surface area is 179 Å². The SMILES string of the molecule is CCN1C[C@H](C(=O)OCCC2CCCOC2)CC2c3cccc4c3c(cn4C)C[C@H]21. The van der Waals surface area contributed by atoms with Crippen LogP contribution in [-0.2, 0) is 27.7 Å². The molecule has 2 fully saturated rings. The molecular formula is C25H34N2O3. The average Bonchev–Trinajstić information content (AvgIpc) is 3.10. The van der Waals surface area contributed by atoms with Crippen LogP contribution in [0.3, 0.4) is 0 Å². The number of carbonyl (C=O) groups excluding carboxylic acids is 1. The zero-order valence-electron chi connectivity index (χ0n) is 18.3. The van der Waals surface area contributed by atoms with Crippen molar-refractivity contribution in [2.75, 3.05) is 32.9 Å². The van der Waals surface area contributed by atoms with Gasteiger partial charge in [-0.3, -0.25) is 9.69 Å². The van der Waals surface area contributed by atoms with Gasteiger partial charge in [0.05, 0.1) is 12.5 Å². The number of likely N-dealkylation sites (N-methyl/N-ethyl adjacent to an activating group) is 1. The van der Waals surface area contributed by atoms with E-state index in [1.54, 1.807) is 0 Å². The number of carbonyl (C=O) groups is 1. The van der Waals surface area contributed by atoms with Gasteiger partial charge in [-0.1, -0.05) is 19.1 Å². The molecule has 2 aliphatic heterocycles. The fourth-order valence-corrected chi connectivity index (χ4v) is 6.09. The van der Waals surface area contributed by atoms with Gasteiger partial charge in [-0.25, -0.2) is 0 Å². The third-order valence-corrected chi connectivity index (χ3v) is 7.65. The molecule has 0 N–H and O–H groups in total. The van der Waals surface area contributed by atoms with Crippen LogP contribution in [0.2, 0.25) is 0 Å². The molecule has 2 unspecified atom stereocenters. The Hall–Kier alpha value is -1.85. The Morgan fingerprint density at radius 3 is 3.03 bits per heavy atom. The van der Waals surface area contributed by atoms with Gasteiger partial charge < -0.3 is 14.0 Å². The summed E-state index contributed by atoms with van der Waals surface area (Å²) in [5, 5.41) is 1.42. The maximum absolute atomic E-state index is 13.0. The van der Waals surface area contributed by atoms with Gasteiger partial charge in [0.15, 0.2) is 0 Å². The normalized spacial score (nSPS) is 29.0. The molecule has 0 spiro atoms. The zero-order chi connectivity index (χ0) is 20.7. The van der Waals surface area contributed by atoms with Crippen molar-refractivity contribution in [3.05, 3.63) is 35.5 Å². The first-order valence-electron chi connectivity index (χ1n) is 11.7. The molecule has 30 heavy (non-hydrogen) atoms. The fourth-order valence-electron chi connectivity index (χ4n) is 6.09. The lowest BCUT2D eigenvalue weighted by Gasteiger charge is -2.46. The van der Waals surface area contributed by atoms with Crippen molar-refractivity contribution in [3.8, 4) is 0 Å².